The lowest BCUT2D eigenvalue weighted by Gasteiger charge is -2.34. The first-order valence-corrected chi connectivity index (χ1v) is 16.1. The second-order valence-electron chi connectivity index (χ2n) is 10.7. The number of halogens is 2. The number of hydrogen-bond acceptors (Lipinski definition) is 4. The van der Waals surface area contributed by atoms with Crippen LogP contribution in [-0.4, -0.2) is 43.8 Å². The zero-order valence-electron chi connectivity index (χ0n) is 23.9. The van der Waals surface area contributed by atoms with Crippen LogP contribution in [0, 0.1) is 12.7 Å². The van der Waals surface area contributed by atoms with Gasteiger partial charge in [0.25, 0.3) is 10.0 Å². The Hall–Kier alpha value is -3.43. The Morgan fingerprint density at radius 3 is 2.26 bits per heavy atom. The molecule has 7 nitrogen and oxygen atoms in total. The van der Waals surface area contributed by atoms with E-state index < -0.39 is 34.3 Å². The molecule has 0 radical (unpaired) electrons. The second-order valence-corrected chi connectivity index (χ2v) is 12.9. The molecule has 1 atom stereocenters. The zero-order chi connectivity index (χ0) is 30.3. The average molecular weight is 614 g/mol. The summed E-state index contributed by atoms with van der Waals surface area (Å²) in [5.41, 5.74) is 1.20. The molecule has 1 saturated carbocycles. The number of nitrogens with zero attached hydrogens (tertiary/aromatic N) is 2. The van der Waals surface area contributed by atoms with Crippen molar-refractivity contribution in [2.45, 2.75) is 75.9 Å². The van der Waals surface area contributed by atoms with Gasteiger partial charge in [0.15, 0.2) is 0 Å². The molecule has 0 bridgehead atoms. The quantitative estimate of drug-likeness (QED) is 0.277. The van der Waals surface area contributed by atoms with Gasteiger partial charge in [-0.25, -0.2) is 12.8 Å². The highest BCUT2D eigenvalue weighted by atomic mass is 35.5. The van der Waals surface area contributed by atoms with Crippen LogP contribution < -0.4 is 9.62 Å². The number of hydrogen-bond donors (Lipinski definition) is 1. The van der Waals surface area contributed by atoms with Crippen molar-refractivity contribution < 1.29 is 22.4 Å². The van der Waals surface area contributed by atoms with E-state index in [-0.39, 0.29) is 29.1 Å². The van der Waals surface area contributed by atoms with Crippen LogP contribution in [-0.2, 0) is 26.2 Å². The molecule has 2 amide bonds. The number of nitrogens with one attached hydrogen (secondary N) is 1. The second kappa shape index (κ2) is 14.2. The fraction of sp³-hybridized carbons (Fsp3) is 0.375. The van der Waals surface area contributed by atoms with E-state index in [9.17, 15) is 18.0 Å². The van der Waals surface area contributed by atoms with Crippen molar-refractivity contribution in [3.8, 4) is 0 Å². The van der Waals surface area contributed by atoms with Gasteiger partial charge in [-0.3, -0.25) is 13.9 Å². The van der Waals surface area contributed by atoms with Crippen molar-refractivity contribution in [1.29, 1.82) is 0 Å². The van der Waals surface area contributed by atoms with Crippen LogP contribution in [0.4, 0.5) is 10.1 Å². The summed E-state index contributed by atoms with van der Waals surface area (Å²) in [6, 6.07) is 17.7. The molecule has 0 heterocycles. The van der Waals surface area contributed by atoms with Crippen LogP contribution in [0.1, 0.15) is 56.6 Å². The van der Waals surface area contributed by atoms with Crippen LogP contribution in [0.25, 0.3) is 0 Å². The molecule has 1 unspecified atom stereocenters. The van der Waals surface area contributed by atoms with Crippen molar-refractivity contribution in [1.82, 2.24) is 10.2 Å². The first-order valence-electron chi connectivity index (χ1n) is 14.3. The van der Waals surface area contributed by atoms with E-state index in [1.54, 1.807) is 43.3 Å². The van der Waals surface area contributed by atoms with Gasteiger partial charge in [0.05, 0.1) is 10.6 Å². The molecule has 3 aromatic carbocycles. The summed E-state index contributed by atoms with van der Waals surface area (Å²) in [7, 11) is -4.36. The highest BCUT2D eigenvalue weighted by Gasteiger charge is 2.35. The third-order valence-electron chi connectivity index (χ3n) is 7.64. The van der Waals surface area contributed by atoms with Gasteiger partial charge in [0, 0.05) is 17.6 Å². The molecule has 1 aliphatic rings. The van der Waals surface area contributed by atoms with Crippen molar-refractivity contribution >= 4 is 39.1 Å². The Labute approximate surface area is 252 Å². The van der Waals surface area contributed by atoms with Gasteiger partial charge in [-0.15, -0.1) is 0 Å². The Kier molecular flexibility index (Phi) is 10.6. The molecule has 10 heteroatoms. The van der Waals surface area contributed by atoms with Gasteiger partial charge in [-0.05, 0) is 62.1 Å². The van der Waals surface area contributed by atoms with E-state index in [0.29, 0.717) is 17.0 Å². The van der Waals surface area contributed by atoms with Gasteiger partial charge < -0.3 is 10.2 Å². The minimum Gasteiger partial charge on any atom is -0.352 e. The van der Waals surface area contributed by atoms with Crippen molar-refractivity contribution in [3.63, 3.8) is 0 Å². The molecule has 3 aromatic rings. The molecular weight excluding hydrogens is 577 g/mol. The minimum atomic E-state index is -4.36. The fourth-order valence-electron chi connectivity index (χ4n) is 5.28. The van der Waals surface area contributed by atoms with E-state index in [0.717, 1.165) is 48.0 Å². The Bertz CT molecular complexity index is 1490. The summed E-state index contributed by atoms with van der Waals surface area (Å²) in [5.74, 6) is -1.75. The average Bonchev–Trinajstić information content (AvgIpc) is 2.98. The van der Waals surface area contributed by atoms with E-state index in [1.807, 2.05) is 6.92 Å². The summed E-state index contributed by atoms with van der Waals surface area (Å²) in [5, 5.41) is 3.52. The molecule has 1 aliphatic carbocycles. The number of rotatable bonds is 11. The smallest absolute Gasteiger partial charge is 0.264 e. The lowest BCUT2D eigenvalue weighted by molar-refractivity contribution is -0.140. The Morgan fingerprint density at radius 1 is 0.976 bits per heavy atom. The molecule has 0 saturated heterocycles. The molecular formula is C32H37ClFN3O4S. The number of carbonyl (C=O) groups excluding carboxylic acids is 2. The third kappa shape index (κ3) is 7.50. The zero-order valence-corrected chi connectivity index (χ0v) is 25.5. The molecule has 0 aromatic heterocycles. The van der Waals surface area contributed by atoms with Gasteiger partial charge in [-0.2, -0.15) is 0 Å². The third-order valence-corrected chi connectivity index (χ3v) is 9.79. The predicted molar refractivity (Wildman–Crippen MR) is 163 cm³/mol. The SMILES string of the molecule is CCC(C(=O)NC1CCCCC1)N(Cc1ccccc1Cl)C(=O)CN(c1ccccc1F)S(=O)(=O)c1ccc(C)cc1. The van der Waals surface area contributed by atoms with Crippen LogP contribution in [0.3, 0.4) is 0 Å². The number of amides is 2. The van der Waals surface area contributed by atoms with Crippen LogP contribution >= 0.6 is 11.6 Å². The predicted octanol–water partition coefficient (Wildman–Crippen LogP) is 6.24. The number of sulfonamides is 1. The van der Waals surface area contributed by atoms with E-state index in [2.05, 4.69) is 5.32 Å². The van der Waals surface area contributed by atoms with Crippen molar-refractivity contribution in [3.05, 3.63) is 94.8 Å². The summed E-state index contributed by atoms with van der Waals surface area (Å²) >= 11 is 6.45. The van der Waals surface area contributed by atoms with Gasteiger partial charge >= 0.3 is 0 Å². The highest BCUT2D eigenvalue weighted by Crippen LogP contribution is 2.28. The van der Waals surface area contributed by atoms with Crippen molar-refractivity contribution in [2.24, 2.45) is 0 Å². The highest BCUT2D eigenvalue weighted by molar-refractivity contribution is 7.92. The Balaban J connectivity index is 1.72. The standard InChI is InChI=1S/C32H37ClFN3O4S/c1-3-29(32(39)35-25-12-5-4-6-13-25)36(21-24-11-7-8-14-27(24)33)31(38)22-37(30-16-10-9-15-28(30)34)42(40,41)26-19-17-23(2)18-20-26/h7-11,14-20,25,29H,3-6,12-13,21-22H2,1-2H3,(H,35,39). The molecule has 0 spiro atoms. The normalized spacial score (nSPS) is 14.7. The van der Waals surface area contributed by atoms with Crippen LogP contribution in [0.5, 0.6) is 0 Å². The molecule has 4 rings (SSSR count). The number of carbonyl (C=O) groups is 2. The number of aryl methyl sites for hydroxylation is 1. The maximum atomic E-state index is 15.1. The molecule has 1 fully saturated rings. The monoisotopic (exact) mass is 613 g/mol. The fourth-order valence-corrected chi connectivity index (χ4v) is 6.90. The van der Waals surface area contributed by atoms with Crippen LogP contribution in [0.15, 0.2) is 77.7 Å². The van der Waals surface area contributed by atoms with Crippen LogP contribution in [0.2, 0.25) is 5.02 Å². The minimum absolute atomic E-state index is 0.0226. The maximum Gasteiger partial charge on any atom is 0.264 e. The molecule has 42 heavy (non-hydrogen) atoms. The van der Waals surface area contributed by atoms with E-state index in [1.165, 1.54) is 35.2 Å². The summed E-state index contributed by atoms with van der Waals surface area (Å²) in [6.45, 7) is 2.89. The topological polar surface area (TPSA) is 86.8 Å². The number of para-hydroxylation sites is 1. The molecule has 224 valence electrons. The Morgan fingerprint density at radius 2 is 1.62 bits per heavy atom. The molecule has 0 aliphatic heterocycles. The van der Waals surface area contributed by atoms with Gasteiger partial charge in [0.2, 0.25) is 11.8 Å². The summed E-state index contributed by atoms with van der Waals surface area (Å²) in [6.07, 6.45) is 5.21. The largest absolute Gasteiger partial charge is 0.352 e. The van der Waals surface area contributed by atoms with Gasteiger partial charge in [0.1, 0.15) is 18.4 Å². The number of anilines is 1. The summed E-state index contributed by atoms with van der Waals surface area (Å²) < 4.78 is 43.7. The van der Waals surface area contributed by atoms with E-state index in [4.69, 9.17) is 11.6 Å². The maximum absolute atomic E-state index is 15.1. The number of benzene rings is 3. The molecule has 1 N–H and O–H groups in total. The lowest BCUT2D eigenvalue weighted by atomic mass is 9.95. The van der Waals surface area contributed by atoms with Crippen molar-refractivity contribution in [2.75, 3.05) is 10.8 Å². The van der Waals surface area contributed by atoms with E-state index >= 15 is 4.39 Å². The first-order chi connectivity index (χ1) is 20.1. The summed E-state index contributed by atoms with van der Waals surface area (Å²) in [4.78, 5) is 29.0. The van der Waals surface area contributed by atoms with Gasteiger partial charge in [-0.1, -0.05) is 85.8 Å². The first kappa shape index (κ1) is 31.5. The lowest BCUT2D eigenvalue weighted by Crippen LogP contribution is -2.54.